The number of benzene rings is 1. The first-order valence-electron chi connectivity index (χ1n) is 6.31. The second kappa shape index (κ2) is 7.38. The average molecular weight is 258 g/mol. The Morgan fingerprint density at radius 2 is 1.84 bits per heavy atom. The molecule has 19 heavy (non-hydrogen) atoms. The van der Waals surface area contributed by atoms with Crippen LogP contribution in [0.3, 0.4) is 0 Å². The Labute approximate surface area is 113 Å². The summed E-state index contributed by atoms with van der Waals surface area (Å²) >= 11 is 0. The van der Waals surface area contributed by atoms with Crippen LogP contribution >= 0.6 is 0 Å². The fourth-order valence-corrected chi connectivity index (χ4v) is 1.62. The predicted octanol–water partition coefficient (Wildman–Crippen LogP) is 2.65. The van der Waals surface area contributed by atoms with Crippen molar-refractivity contribution in [3.8, 4) is 5.88 Å². The molecule has 0 radical (unpaired) electrons. The third-order valence-corrected chi connectivity index (χ3v) is 2.58. The molecule has 0 saturated heterocycles. The van der Waals surface area contributed by atoms with Crippen LogP contribution in [-0.2, 0) is 11.3 Å². The first-order valence-corrected chi connectivity index (χ1v) is 6.31. The van der Waals surface area contributed by atoms with Crippen LogP contribution < -0.4 is 10.5 Å². The molecule has 2 aromatic rings. The van der Waals surface area contributed by atoms with Crippen LogP contribution in [0.1, 0.15) is 12.0 Å². The molecule has 0 fully saturated rings. The van der Waals surface area contributed by atoms with Crippen LogP contribution in [0.15, 0.2) is 48.7 Å². The lowest BCUT2D eigenvalue weighted by atomic mass is 10.2. The van der Waals surface area contributed by atoms with Crippen LogP contribution in [0, 0.1) is 0 Å². The molecular weight excluding hydrogens is 240 g/mol. The molecule has 0 unspecified atom stereocenters. The first-order chi connectivity index (χ1) is 9.36. The van der Waals surface area contributed by atoms with E-state index in [1.54, 1.807) is 18.3 Å². The van der Waals surface area contributed by atoms with E-state index in [1.807, 2.05) is 30.3 Å². The number of hydrogen-bond acceptors (Lipinski definition) is 4. The van der Waals surface area contributed by atoms with Crippen LogP contribution in [0.5, 0.6) is 5.88 Å². The lowest BCUT2D eigenvalue weighted by Crippen LogP contribution is -2.05. The molecule has 1 heterocycles. The lowest BCUT2D eigenvalue weighted by molar-refractivity contribution is 0.107. The van der Waals surface area contributed by atoms with E-state index in [0.29, 0.717) is 31.4 Å². The summed E-state index contributed by atoms with van der Waals surface area (Å²) in [4.78, 5) is 4.06. The Morgan fingerprint density at radius 1 is 1.00 bits per heavy atom. The van der Waals surface area contributed by atoms with Crippen molar-refractivity contribution in [1.29, 1.82) is 0 Å². The van der Waals surface area contributed by atoms with E-state index in [-0.39, 0.29) is 0 Å². The summed E-state index contributed by atoms with van der Waals surface area (Å²) < 4.78 is 11.0. The molecule has 0 atom stereocenters. The zero-order valence-corrected chi connectivity index (χ0v) is 10.8. The van der Waals surface area contributed by atoms with E-state index in [0.717, 1.165) is 6.42 Å². The molecule has 4 nitrogen and oxygen atoms in total. The predicted molar refractivity (Wildman–Crippen MR) is 74.9 cm³/mol. The zero-order valence-electron chi connectivity index (χ0n) is 10.8. The van der Waals surface area contributed by atoms with E-state index in [9.17, 15) is 0 Å². The maximum atomic E-state index is 5.72. The molecule has 0 spiro atoms. The number of pyridine rings is 1. The van der Waals surface area contributed by atoms with Crippen molar-refractivity contribution < 1.29 is 9.47 Å². The Morgan fingerprint density at radius 3 is 2.63 bits per heavy atom. The molecule has 1 aromatic heterocycles. The Balaban J connectivity index is 1.59. The van der Waals surface area contributed by atoms with Crippen molar-refractivity contribution in [2.24, 2.45) is 0 Å². The normalized spacial score (nSPS) is 10.3. The van der Waals surface area contributed by atoms with Gasteiger partial charge in [0.1, 0.15) is 0 Å². The number of nitrogen functional groups attached to an aromatic ring is 1. The highest BCUT2D eigenvalue weighted by Crippen LogP contribution is 2.15. The molecule has 0 aliphatic rings. The Bertz CT molecular complexity index is 489. The van der Waals surface area contributed by atoms with Gasteiger partial charge in [-0.1, -0.05) is 30.3 Å². The highest BCUT2D eigenvalue weighted by atomic mass is 16.5. The average Bonchev–Trinajstić information content (AvgIpc) is 2.45. The van der Waals surface area contributed by atoms with Crippen molar-refractivity contribution in [2.45, 2.75) is 13.0 Å². The Kier molecular flexibility index (Phi) is 5.19. The third kappa shape index (κ3) is 4.60. The lowest BCUT2D eigenvalue weighted by Gasteiger charge is -2.07. The van der Waals surface area contributed by atoms with Crippen LogP contribution in [0.2, 0.25) is 0 Å². The maximum Gasteiger partial charge on any atom is 0.237 e. The topological polar surface area (TPSA) is 57.4 Å². The van der Waals surface area contributed by atoms with Crippen molar-refractivity contribution in [2.75, 3.05) is 18.9 Å². The van der Waals surface area contributed by atoms with Gasteiger partial charge < -0.3 is 15.2 Å². The summed E-state index contributed by atoms with van der Waals surface area (Å²) in [5.74, 6) is 0.491. The standard InChI is InChI=1S/C15H18N2O2/c16-14-8-4-9-17-15(14)19-11-5-10-18-12-13-6-2-1-3-7-13/h1-4,6-9H,5,10-12,16H2. The van der Waals surface area contributed by atoms with E-state index in [4.69, 9.17) is 15.2 Å². The van der Waals surface area contributed by atoms with Crippen LogP contribution in [0.4, 0.5) is 5.69 Å². The minimum atomic E-state index is 0.491. The van der Waals surface area contributed by atoms with E-state index in [2.05, 4.69) is 4.98 Å². The molecule has 0 bridgehead atoms. The number of ether oxygens (including phenoxy) is 2. The molecule has 0 amide bonds. The molecule has 0 aliphatic heterocycles. The van der Waals surface area contributed by atoms with Gasteiger partial charge in [0.15, 0.2) is 0 Å². The van der Waals surface area contributed by atoms with Crippen molar-refractivity contribution in [1.82, 2.24) is 4.98 Å². The van der Waals surface area contributed by atoms with E-state index < -0.39 is 0 Å². The van der Waals surface area contributed by atoms with Gasteiger partial charge in [0.2, 0.25) is 5.88 Å². The van der Waals surface area contributed by atoms with Crippen LogP contribution in [0.25, 0.3) is 0 Å². The maximum absolute atomic E-state index is 5.72. The number of hydrogen-bond donors (Lipinski definition) is 1. The fraction of sp³-hybridized carbons (Fsp3) is 0.267. The highest BCUT2D eigenvalue weighted by molar-refractivity contribution is 5.46. The minimum absolute atomic E-state index is 0.491. The Hall–Kier alpha value is -2.07. The fourth-order valence-electron chi connectivity index (χ4n) is 1.62. The van der Waals surface area contributed by atoms with Gasteiger partial charge in [-0.15, -0.1) is 0 Å². The summed E-state index contributed by atoms with van der Waals surface area (Å²) in [7, 11) is 0. The van der Waals surface area contributed by atoms with Gasteiger partial charge in [0.05, 0.1) is 25.5 Å². The summed E-state index contributed by atoms with van der Waals surface area (Å²) in [6, 6.07) is 13.7. The second-order valence-electron chi connectivity index (χ2n) is 4.14. The van der Waals surface area contributed by atoms with Gasteiger partial charge in [0, 0.05) is 12.6 Å². The zero-order chi connectivity index (χ0) is 13.3. The third-order valence-electron chi connectivity index (χ3n) is 2.58. The SMILES string of the molecule is Nc1cccnc1OCCCOCc1ccccc1. The summed E-state index contributed by atoms with van der Waals surface area (Å²) in [5.41, 5.74) is 7.46. The molecule has 4 heteroatoms. The molecule has 1 aromatic carbocycles. The second-order valence-corrected chi connectivity index (χ2v) is 4.14. The number of nitrogens with zero attached hydrogens (tertiary/aromatic N) is 1. The van der Waals surface area contributed by atoms with Crippen LogP contribution in [-0.4, -0.2) is 18.2 Å². The van der Waals surface area contributed by atoms with Gasteiger partial charge in [-0.3, -0.25) is 0 Å². The molecular formula is C15H18N2O2. The van der Waals surface area contributed by atoms with E-state index in [1.165, 1.54) is 5.56 Å². The van der Waals surface area contributed by atoms with Crippen molar-refractivity contribution in [3.05, 3.63) is 54.2 Å². The largest absolute Gasteiger partial charge is 0.476 e. The number of anilines is 1. The van der Waals surface area contributed by atoms with Gasteiger partial charge in [-0.25, -0.2) is 4.98 Å². The summed E-state index contributed by atoms with van der Waals surface area (Å²) in [6.07, 6.45) is 2.47. The van der Waals surface area contributed by atoms with Gasteiger partial charge in [0.25, 0.3) is 0 Å². The van der Waals surface area contributed by atoms with Gasteiger partial charge in [-0.2, -0.15) is 0 Å². The molecule has 2 rings (SSSR count). The van der Waals surface area contributed by atoms with Gasteiger partial charge in [-0.05, 0) is 17.7 Å². The molecule has 0 aliphatic carbocycles. The van der Waals surface area contributed by atoms with E-state index >= 15 is 0 Å². The highest BCUT2D eigenvalue weighted by Gasteiger charge is 1.99. The first kappa shape index (κ1) is 13.4. The summed E-state index contributed by atoms with van der Waals surface area (Å²) in [6.45, 7) is 1.84. The summed E-state index contributed by atoms with van der Waals surface area (Å²) in [5, 5.41) is 0. The van der Waals surface area contributed by atoms with Crippen molar-refractivity contribution >= 4 is 5.69 Å². The molecule has 100 valence electrons. The number of nitrogens with two attached hydrogens (primary N) is 1. The quantitative estimate of drug-likeness (QED) is 0.776. The number of rotatable bonds is 7. The monoisotopic (exact) mass is 258 g/mol. The number of aromatic nitrogens is 1. The van der Waals surface area contributed by atoms with Crippen molar-refractivity contribution in [3.63, 3.8) is 0 Å². The molecule has 2 N–H and O–H groups in total. The molecule has 0 saturated carbocycles. The minimum Gasteiger partial charge on any atom is -0.476 e. The van der Waals surface area contributed by atoms with Gasteiger partial charge >= 0.3 is 0 Å². The smallest absolute Gasteiger partial charge is 0.237 e.